The van der Waals surface area contributed by atoms with Gasteiger partial charge in [-0.25, -0.2) is 4.79 Å². The molecule has 1 aliphatic heterocycles. The largest absolute Gasteiger partial charge is 0.485 e. The van der Waals surface area contributed by atoms with E-state index in [0.717, 1.165) is 5.56 Å². The van der Waals surface area contributed by atoms with E-state index in [9.17, 15) is 4.79 Å². The van der Waals surface area contributed by atoms with Crippen LogP contribution in [-0.4, -0.2) is 24.9 Å². The molecule has 1 aliphatic rings. The minimum Gasteiger partial charge on any atom is -0.485 e. The highest BCUT2D eigenvalue weighted by molar-refractivity contribution is 7.98. The summed E-state index contributed by atoms with van der Waals surface area (Å²) in [5, 5.41) is 0. The first-order chi connectivity index (χ1) is 10.8. The molecule has 0 radical (unpaired) electrons. The molecule has 0 fully saturated rings. The molecule has 0 amide bonds. The zero-order valence-corrected chi connectivity index (χ0v) is 13.0. The Morgan fingerprint density at radius 3 is 2.64 bits per heavy atom. The van der Waals surface area contributed by atoms with Crippen molar-refractivity contribution in [3.05, 3.63) is 54.1 Å². The van der Waals surface area contributed by atoms with Crippen molar-refractivity contribution in [1.29, 1.82) is 0 Å². The summed E-state index contributed by atoms with van der Waals surface area (Å²) in [4.78, 5) is 13.2. The lowest BCUT2D eigenvalue weighted by atomic mass is 10.2. The summed E-state index contributed by atoms with van der Waals surface area (Å²) in [6.07, 6.45) is 1.30. The van der Waals surface area contributed by atoms with Crippen molar-refractivity contribution >= 4 is 17.7 Å². The molecule has 4 nitrogen and oxygen atoms in total. The van der Waals surface area contributed by atoms with Gasteiger partial charge >= 0.3 is 5.97 Å². The van der Waals surface area contributed by atoms with Crippen LogP contribution in [0.2, 0.25) is 0 Å². The number of rotatable bonds is 4. The standard InChI is InChI=1S/C17H16O4S/c1-22-13-8-6-12(7-9-13)10-20-17(18)16-11-19-14-4-2-3-5-15(14)21-16/h2-9,16H,10-11H2,1H3. The van der Waals surface area contributed by atoms with Crippen molar-refractivity contribution in [2.75, 3.05) is 12.9 Å². The van der Waals surface area contributed by atoms with Gasteiger partial charge in [-0.15, -0.1) is 11.8 Å². The number of hydrogen-bond acceptors (Lipinski definition) is 5. The lowest BCUT2D eigenvalue weighted by molar-refractivity contribution is -0.155. The zero-order chi connectivity index (χ0) is 15.4. The Hall–Kier alpha value is -2.14. The molecule has 1 heterocycles. The molecule has 5 heteroatoms. The van der Waals surface area contributed by atoms with Gasteiger partial charge in [-0.05, 0) is 36.1 Å². The van der Waals surface area contributed by atoms with E-state index in [4.69, 9.17) is 14.2 Å². The van der Waals surface area contributed by atoms with Crippen LogP contribution in [-0.2, 0) is 16.1 Å². The Morgan fingerprint density at radius 1 is 1.18 bits per heavy atom. The summed E-state index contributed by atoms with van der Waals surface area (Å²) in [6.45, 7) is 0.399. The molecule has 0 bridgehead atoms. The summed E-state index contributed by atoms with van der Waals surface area (Å²) in [5.74, 6) is 0.808. The van der Waals surface area contributed by atoms with Crippen LogP contribution >= 0.6 is 11.8 Å². The molecule has 0 aromatic heterocycles. The number of thioether (sulfide) groups is 1. The summed E-state index contributed by atoms with van der Waals surface area (Å²) < 4.78 is 16.4. The van der Waals surface area contributed by atoms with E-state index in [2.05, 4.69) is 0 Å². The van der Waals surface area contributed by atoms with Gasteiger partial charge in [0.25, 0.3) is 0 Å². The van der Waals surface area contributed by atoms with Gasteiger partial charge in [0.2, 0.25) is 6.10 Å². The van der Waals surface area contributed by atoms with Crippen molar-refractivity contribution in [3.8, 4) is 11.5 Å². The number of carbonyl (C=O) groups is 1. The lowest BCUT2D eigenvalue weighted by Crippen LogP contribution is -2.37. The van der Waals surface area contributed by atoms with E-state index in [0.29, 0.717) is 11.5 Å². The molecule has 0 N–H and O–H groups in total. The van der Waals surface area contributed by atoms with Crippen LogP contribution < -0.4 is 9.47 Å². The van der Waals surface area contributed by atoms with Crippen LogP contribution in [0.4, 0.5) is 0 Å². The van der Waals surface area contributed by atoms with Gasteiger partial charge in [0.05, 0.1) is 0 Å². The minimum atomic E-state index is -0.722. The predicted octanol–water partition coefficient (Wildman–Crippen LogP) is 3.29. The first-order valence-corrected chi connectivity index (χ1v) is 8.17. The highest BCUT2D eigenvalue weighted by Crippen LogP contribution is 2.31. The van der Waals surface area contributed by atoms with E-state index in [1.165, 1.54) is 4.90 Å². The number of hydrogen-bond donors (Lipinski definition) is 0. The van der Waals surface area contributed by atoms with Gasteiger partial charge < -0.3 is 14.2 Å². The highest BCUT2D eigenvalue weighted by atomic mass is 32.2. The number of benzene rings is 2. The van der Waals surface area contributed by atoms with Crippen LogP contribution in [0, 0.1) is 0 Å². The molecule has 1 unspecified atom stereocenters. The number of esters is 1. The van der Waals surface area contributed by atoms with Crippen LogP contribution in [0.3, 0.4) is 0 Å². The molecule has 2 aromatic carbocycles. The van der Waals surface area contributed by atoms with E-state index >= 15 is 0 Å². The van der Waals surface area contributed by atoms with E-state index in [1.54, 1.807) is 17.8 Å². The molecule has 114 valence electrons. The SMILES string of the molecule is CSc1ccc(COC(=O)C2COc3ccccc3O2)cc1. The second-order valence-electron chi connectivity index (χ2n) is 4.82. The fourth-order valence-electron chi connectivity index (χ4n) is 2.10. The normalized spacial score (nSPS) is 16.1. The number of ether oxygens (including phenoxy) is 3. The molecule has 3 rings (SSSR count). The number of fused-ring (bicyclic) bond motifs is 1. The fourth-order valence-corrected chi connectivity index (χ4v) is 2.51. The third-order valence-electron chi connectivity index (χ3n) is 3.31. The van der Waals surface area contributed by atoms with E-state index < -0.39 is 12.1 Å². The molecular weight excluding hydrogens is 300 g/mol. The molecule has 0 saturated carbocycles. The summed E-state index contributed by atoms with van der Waals surface area (Å²) in [7, 11) is 0. The van der Waals surface area contributed by atoms with E-state index in [-0.39, 0.29) is 13.2 Å². The van der Waals surface area contributed by atoms with Gasteiger partial charge in [0.1, 0.15) is 13.2 Å². The van der Waals surface area contributed by atoms with Crippen LogP contribution in [0.15, 0.2) is 53.4 Å². The van der Waals surface area contributed by atoms with Gasteiger partial charge in [-0.1, -0.05) is 24.3 Å². The van der Waals surface area contributed by atoms with Crippen molar-refractivity contribution in [2.24, 2.45) is 0 Å². The quantitative estimate of drug-likeness (QED) is 0.640. The summed E-state index contributed by atoms with van der Waals surface area (Å²) >= 11 is 1.67. The lowest BCUT2D eigenvalue weighted by Gasteiger charge is -2.24. The van der Waals surface area contributed by atoms with Crippen molar-refractivity contribution < 1.29 is 19.0 Å². The van der Waals surface area contributed by atoms with Crippen LogP contribution in [0.1, 0.15) is 5.56 Å². The minimum absolute atomic E-state index is 0.168. The Morgan fingerprint density at radius 2 is 1.91 bits per heavy atom. The highest BCUT2D eigenvalue weighted by Gasteiger charge is 2.28. The van der Waals surface area contributed by atoms with Gasteiger partial charge in [0, 0.05) is 4.90 Å². The third-order valence-corrected chi connectivity index (χ3v) is 4.06. The second-order valence-corrected chi connectivity index (χ2v) is 5.70. The first-order valence-electron chi connectivity index (χ1n) is 6.94. The van der Waals surface area contributed by atoms with Gasteiger partial charge in [-0.3, -0.25) is 0 Å². The Labute approximate surface area is 133 Å². The smallest absolute Gasteiger partial charge is 0.351 e. The first kappa shape index (κ1) is 14.8. The maximum Gasteiger partial charge on any atom is 0.351 e. The maximum atomic E-state index is 12.1. The predicted molar refractivity (Wildman–Crippen MR) is 84.4 cm³/mol. The average Bonchev–Trinajstić information content (AvgIpc) is 2.59. The van der Waals surface area contributed by atoms with Crippen molar-refractivity contribution in [3.63, 3.8) is 0 Å². The van der Waals surface area contributed by atoms with Gasteiger partial charge in [0.15, 0.2) is 11.5 Å². The number of para-hydroxylation sites is 2. The molecule has 0 spiro atoms. The van der Waals surface area contributed by atoms with E-state index in [1.807, 2.05) is 48.7 Å². The monoisotopic (exact) mass is 316 g/mol. The third kappa shape index (κ3) is 3.36. The Bertz CT molecular complexity index is 654. The van der Waals surface area contributed by atoms with Crippen molar-refractivity contribution in [1.82, 2.24) is 0 Å². The van der Waals surface area contributed by atoms with Crippen LogP contribution in [0.5, 0.6) is 11.5 Å². The molecule has 0 aliphatic carbocycles. The molecule has 1 atom stereocenters. The fraction of sp³-hybridized carbons (Fsp3) is 0.235. The Kier molecular flexibility index (Phi) is 4.53. The topological polar surface area (TPSA) is 44.8 Å². The molecular formula is C17H16O4S. The molecule has 2 aromatic rings. The zero-order valence-electron chi connectivity index (χ0n) is 12.2. The number of carbonyl (C=O) groups excluding carboxylic acids is 1. The summed E-state index contributed by atoms with van der Waals surface area (Å²) in [6, 6.07) is 15.2. The van der Waals surface area contributed by atoms with Crippen LogP contribution in [0.25, 0.3) is 0 Å². The van der Waals surface area contributed by atoms with Crippen molar-refractivity contribution in [2.45, 2.75) is 17.6 Å². The second kappa shape index (κ2) is 6.75. The Balaban J connectivity index is 1.56. The van der Waals surface area contributed by atoms with Gasteiger partial charge in [-0.2, -0.15) is 0 Å². The average molecular weight is 316 g/mol. The molecule has 22 heavy (non-hydrogen) atoms. The summed E-state index contributed by atoms with van der Waals surface area (Å²) in [5.41, 5.74) is 0.947. The maximum absolute atomic E-state index is 12.1. The molecule has 0 saturated heterocycles.